The predicted octanol–water partition coefficient (Wildman–Crippen LogP) is 8.67. The van der Waals surface area contributed by atoms with Crippen LogP contribution in [0.25, 0.3) is 60.9 Å². The SMILES string of the molecule is CCCCOc1c(-c2ccc(-c3nc4ccccc4n3-c3ccccc3)c3ccccc23)ccc2ccc[n+](C)c12. The number of para-hydroxylation sites is 3. The standard InChI is InChI=1S/C37H32N3O/c1-3-4-25-41-36-31(21-20-26-13-12-24-39(2)35(26)36)30-22-23-32(29-17-9-8-16-28(29)30)37-38-33-18-10-11-19-34(33)40(37)27-14-6-5-7-15-27/h5-24H,3-4,25H2,1-2H3/q+1. The number of nitrogens with zero attached hydrogens (tertiary/aromatic N) is 3. The number of aromatic nitrogens is 3. The minimum Gasteiger partial charge on any atom is -0.487 e. The Morgan fingerprint density at radius 1 is 0.707 bits per heavy atom. The molecule has 7 rings (SSSR count). The molecule has 41 heavy (non-hydrogen) atoms. The van der Waals surface area contributed by atoms with Crippen molar-refractivity contribution in [2.24, 2.45) is 7.05 Å². The van der Waals surface area contributed by atoms with Crippen LogP contribution in [0.5, 0.6) is 5.75 Å². The summed E-state index contributed by atoms with van der Waals surface area (Å²) in [6, 6.07) is 40.6. The number of fused-ring (bicyclic) bond motifs is 3. The molecule has 2 heterocycles. The van der Waals surface area contributed by atoms with Crippen molar-refractivity contribution < 1.29 is 9.30 Å². The molecular weight excluding hydrogens is 502 g/mol. The van der Waals surface area contributed by atoms with Crippen LogP contribution in [0.3, 0.4) is 0 Å². The summed E-state index contributed by atoms with van der Waals surface area (Å²) in [5.41, 5.74) is 7.64. The summed E-state index contributed by atoms with van der Waals surface area (Å²) < 4.78 is 11.0. The first-order valence-corrected chi connectivity index (χ1v) is 14.3. The van der Waals surface area contributed by atoms with Crippen LogP contribution < -0.4 is 9.30 Å². The largest absolute Gasteiger partial charge is 0.487 e. The number of aryl methyl sites for hydroxylation is 1. The summed E-state index contributed by atoms with van der Waals surface area (Å²) in [7, 11) is 2.09. The van der Waals surface area contributed by atoms with Crippen LogP contribution in [0.2, 0.25) is 0 Å². The molecule has 7 aromatic rings. The van der Waals surface area contributed by atoms with E-state index in [-0.39, 0.29) is 0 Å². The van der Waals surface area contributed by atoms with Crippen molar-refractivity contribution in [3.05, 3.63) is 121 Å². The highest BCUT2D eigenvalue weighted by Crippen LogP contribution is 2.42. The molecule has 0 aliphatic carbocycles. The Labute approximate surface area is 240 Å². The van der Waals surface area contributed by atoms with Gasteiger partial charge in [-0.05, 0) is 71.3 Å². The number of hydrogen-bond donors (Lipinski definition) is 0. The van der Waals surface area contributed by atoms with E-state index in [0.29, 0.717) is 6.61 Å². The second kappa shape index (κ2) is 10.5. The summed E-state index contributed by atoms with van der Waals surface area (Å²) >= 11 is 0. The lowest BCUT2D eigenvalue weighted by Gasteiger charge is -2.17. The average molecular weight is 535 g/mol. The maximum absolute atomic E-state index is 6.57. The maximum Gasteiger partial charge on any atom is 0.255 e. The minimum atomic E-state index is 0.689. The first kappa shape index (κ1) is 25.0. The molecule has 0 fully saturated rings. The number of benzene rings is 5. The van der Waals surface area contributed by atoms with Crippen LogP contribution in [0.15, 0.2) is 121 Å². The zero-order valence-electron chi connectivity index (χ0n) is 23.4. The van der Waals surface area contributed by atoms with Gasteiger partial charge in [0.25, 0.3) is 5.52 Å². The van der Waals surface area contributed by atoms with E-state index in [0.717, 1.165) is 68.7 Å². The highest BCUT2D eigenvalue weighted by Gasteiger charge is 2.22. The highest BCUT2D eigenvalue weighted by molar-refractivity contribution is 6.07. The van der Waals surface area contributed by atoms with Crippen molar-refractivity contribution in [2.75, 3.05) is 6.61 Å². The van der Waals surface area contributed by atoms with Gasteiger partial charge in [-0.1, -0.05) is 74.0 Å². The number of rotatable bonds is 7. The molecule has 0 radical (unpaired) electrons. The molecule has 0 N–H and O–H groups in total. The molecule has 0 spiro atoms. The summed E-state index contributed by atoms with van der Waals surface area (Å²) in [6.07, 6.45) is 4.20. The molecule has 0 saturated carbocycles. The Balaban J connectivity index is 1.49. The van der Waals surface area contributed by atoms with E-state index in [1.165, 1.54) is 10.8 Å². The lowest BCUT2D eigenvalue weighted by Crippen LogP contribution is -2.28. The second-order valence-corrected chi connectivity index (χ2v) is 10.5. The molecule has 0 atom stereocenters. The van der Waals surface area contributed by atoms with Gasteiger partial charge in [-0.25, -0.2) is 4.98 Å². The zero-order chi connectivity index (χ0) is 27.8. The third-order valence-corrected chi connectivity index (χ3v) is 7.88. The fourth-order valence-electron chi connectivity index (χ4n) is 5.89. The van der Waals surface area contributed by atoms with Crippen molar-refractivity contribution >= 4 is 32.7 Å². The summed E-state index contributed by atoms with van der Waals surface area (Å²) in [6.45, 7) is 2.89. The number of pyridine rings is 1. The number of imidazole rings is 1. The van der Waals surface area contributed by atoms with Crippen molar-refractivity contribution in [3.63, 3.8) is 0 Å². The lowest BCUT2D eigenvalue weighted by atomic mass is 9.93. The van der Waals surface area contributed by atoms with Crippen LogP contribution in [-0.4, -0.2) is 16.2 Å². The third kappa shape index (κ3) is 4.33. The smallest absolute Gasteiger partial charge is 0.255 e. The van der Waals surface area contributed by atoms with Gasteiger partial charge in [-0.15, -0.1) is 0 Å². The normalized spacial score (nSPS) is 11.5. The Bertz CT molecular complexity index is 2020. The van der Waals surface area contributed by atoms with E-state index in [1.807, 2.05) is 0 Å². The molecule has 4 nitrogen and oxygen atoms in total. The van der Waals surface area contributed by atoms with Crippen LogP contribution >= 0.6 is 0 Å². The van der Waals surface area contributed by atoms with E-state index < -0.39 is 0 Å². The van der Waals surface area contributed by atoms with E-state index >= 15 is 0 Å². The van der Waals surface area contributed by atoms with Crippen molar-refractivity contribution in [1.82, 2.24) is 9.55 Å². The van der Waals surface area contributed by atoms with E-state index in [9.17, 15) is 0 Å². The van der Waals surface area contributed by atoms with Gasteiger partial charge < -0.3 is 4.74 Å². The van der Waals surface area contributed by atoms with E-state index in [4.69, 9.17) is 9.72 Å². The van der Waals surface area contributed by atoms with Gasteiger partial charge in [-0.3, -0.25) is 4.57 Å². The maximum atomic E-state index is 6.57. The molecule has 2 aromatic heterocycles. The summed E-state index contributed by atoms with van der Waals surface area (Å²) in [5, 5.41) is 3.51. The molecule has 0 unspecified atom stereocenters. The fraction of sp³-hybridized carbons (Fsp3) is 0.135. The highest BCUT2D eigenvalue weighted by atomic mass is 16.5. The molecule has 0 saturated heterocycles. The van der Waals surface area contributed by atoms with Crippen molar-refractivity contribution in [1.29, 1.82) is 0 Å². The molecule has 4 heteroatoms. The summed E-state index contributed by atoms with van der Waals surface area (Å²) in [5.74, 6) is 1.87. The van der Waals surface area contributed by atoms with Crippen LogP contribution in [-0.2, 0) is 7.05 Å². The first-order valence-electron chi connectivity index (χ1n) is 14.3. The van der Waals surface area contributed by atoms with E-state index in [2.05, 4.69) is 145 Å². The molecule has 0 amide bonds. The zero-order valence-corrected chi connectivity index (χ0v) is 23.4. The lowest BCUT2D eigenvalue weighted by molar-refractivity contribution is -0.645. The molecular formula is C37H32N3O+. The van der Waals surface area contributed by atoms with Gasteiger partial charge in [0.1, 0.15) is 12.9 Å². The molecule has 0 bridgehead atoms. The predicted molar refractivity (Wildman–Crippen MR) is 169 cm³/mol. The Morgan fingerprint density at radius 2 is 1.41 bits per heavy atom. The number of hydrogen-bond acceptors (Lipinski definition) is 2. The van der Waals surface area contributed by atoms with Crippen LogP contribution in [0.4, 0.5) is 0 Å². The van der Waals surface area contributed by atoms with E-state index in [1.54, 1.807) is 0 Å². The first-order chi connectivity index (χ1) is 20.2. The molecule has 200 valence electrons. The number of ether oxygens (including phenoxy) is 1. The van der Waals surface area contributed by atoms with Crippen LogP contribution in [0.1, 0.15) is 19.8 Å². The van der Waals surface area contributed by atoms with Gasteiger partial charge >= 0.3 is 0 Å². The van der Waals surface area contributed by atoms with Crippen molar-refractivity contribution in [3.8, 4) is 34.0 Å². The summed E-state index contributed by atoms with van der Waals surface area (Å²) in [4.78, 5) is 5.17. The van der Waals surface area contributed by atoms with Gasteiger partial charge in [0, 0.05) is 22.9 Å². The monoisotopic (exact) mass is 534 g/mol. The Kier molecular flexibility index (Phi) is 6.44. The topological polar surface area (TPSA) is 30.9 Å². The van der Waals surface area contributed by atoms with Crippen LogP contribution in [0, 0.1) is 0 Å². The third-order valence-electron chi connectivity index (χ3n) is 7.88. The quantitative estimate of drug-likeness (QED) is 0.151. The van der Waals surface area contributed by atoms with Gasteiger partial charge in [0.2, 0.25) is 0 Å². The molecule has 5 aromatic carbocycles. The Morgan fingerprint density at radius 3 is 2.24 bits per heavy atom. The Hall–Kier alpha value is -4.96. The molecule has 0 aliphatic rings. The average Bonchev–Trinajstić information content (AvgIpc) is 3.41. The fourth-order valence-corrected chi connectivity index (χ4v) is 5.89. The number of unbranched alkanes of at least 4 members (excludes halogenated alkanes) is 1. The molecule has 0 aliphatic heterocycles. The van der Waals surface area contributed by atoms with Gasteiger partial charge in [-0.2, -0.15) is 4.57 Å². The second-order valence-electron chi connectivity index (χ2n) is 10.5. The minimum absolute atomic E-state index is 0.689. The van der Waals surface area contributed by atoms with Crippen molar-refractivity contribution in [2.45, 2.75) is 19.8 Å². The van der Waals surface area contributed by atoms with Gasteiger partial charge in [0.05, 0.1) is 23.0 Å². The van der Waals surface area contributed by atoms with Gasteiger partial charge in [0.15, 0.2) is 11.9 Å².